The molecule has 1 rings (SSSR count). The van der Waals surface area contributed by atoms with Gasteiger partial charge in [-0.3, -0.25) is 0 Å². The van der Waals surface area contributed by atoms with E-state index in [1.807, 2.05) is 13.1 Å². The van der Waals surface area contributed by atoms with Crippen LogP contribution in [-0.2, 0) is 11.3 Å². The SMILES string of the molecule is CCN(CC)CCNc1cc(NC)nc(COC)n1. The summed E-state index contributed by atoms with van der Waals surface area (Å²) in [5, 5.41) is 6.36. The number of hydrogen-bond donors (Lipinski definition) is 2. The molecular weight excluding hydrogens is 242 g/mol. The molecule has 6 heteroatoms. The molecule has 0 aromatic carbocycles. The van der Waals surface area contributed by atoms with Crippen LogP contribution in [0.3, 0.4) is 0 Å². The standard InChI is InChI=1S/C13H25N5O/c1-5-18(6-2)8-7-15-12-9-11(14-3)16-13(17-12)10-19-4/h9H,5-8,10H2,1-4H3,(H2,14,15,16,17). The van der Waals surface area contributed by atoms with Crippen LogP contribution in [0, 0.1) is 0 Å². The van der Waals surface area contributed by atoms with Gasteiger partial charge in [-0.05, 0) is 13.1 Å². The summed E-state index contributed by atoms with van der Waals surface area (Å²) in [7, 11) is 3.49. The average Bonchev–Trinajstić information content (AvgIpc) is 2.43. The highest BCUT2D eigenvalue weighted by Gasteiger charge is 2.04. The van der Waals surface area contributed by atoms with Gasteiger partial charge in [-0.2, -0.15) is 0 Å². The molecule has 0 aliphatic heterocycles. The van der Waals surface area contributed by atoms with E-state index in [1.54, 1.807) is 7.11 Å². The van der Waals surface area contributed by atoms with Crippen molar-refractivity contribution >= 4 is 11.6 Å². The maximum Gasteiger partial charge on any atom is 0.158 e. The van der Waals surface area contributed by atoms with E-state index in [-0.39, 0.29) is 0 Å². The molecule has 2 N–H and O–H groups in total. The van der Waals surface area contributed by atoms with Gasteiger partial charge < -0.3 is 20.3 Å². The number of methoxy groups -OCH3 is 1. The van der Waals surface area contributed by atoms with Crippen LogP contribution in [0.4, 0.5) is 11.6 Å². The van der Waals surface area contributed by atoms with Gasteiger partial charge in [0.2, 0.25) is 0 Å². The Kier molecular flexibility index (Phi) is 7.14. The van der Waals surface area contributed by atoms with E-state index in [0.29, 0.717) is 12.4 Å². The van der Waals surface area contributed by atoms with Crippen molar-refractivity contribution in [2.75, 3.05) is 51.0 Å². The first-order valence-electron chi connectivity index (χ1n) is 6.74. The minimum absolute atomic E-state index is 0.417. The normalized spacial score (nSPS) is 10.8. The third-order valence-electron chi connectivity index (χ3n) is 2.93. The van der Waals surface area contributed by atoms with Crippen molar-refractivity contribution in [3.05, 3.63) is 11.9 Å². The highest BCUT2D eigenvalue weighted by atomic mass is 16.5. The van der Waals surface area contributed by atoms with Crippen LogP contribution in [0.1, 0.15) is 19.7 Å². The van der Waals surface area contributed by atoms with Gasteiger partial charge in [-0.15, -0.1) is 0 Å². The molecule has 0 radical (unpaired) electrons. The number of anilines is 2. The fourth-order valence-corrected chi connectivity index (χ4v) is 1.79. The van der Waals surface area contributed by atoms with Crippen LogP contribution in [0.2, 0.25) is 0 Å². The largest absolute Gasteiger partial charge is 0.377 e. The predicted octanol–water partition coefficient (Wildman–Crippen LogP) is 1.42. The molecule has 0 aliphatic carbocycles. The monoisotopic (exact) mass is 267 g/mol. The Morgan fingerprint density at radius 1 is 1.21 bits per heavy atom. The molecule has 6 nitrogen and oxygen atoms in total. The van der Waals surface area contributed by atoms with Crippen LogP contribution < -0.4 is 10.6 Å². The molecule has 0 atom stereocenters. The predicted molar refractivity (Wildman–Crippen MR) is 78.6 cm³/mol. The van der Waals surface area contributed by atoms with E-state index in [9.17, 15) is 0 Å². The van der Waals surface area contributed by atoms with Gasteiger partial charge >= 0.3 is 0 Å². The van der Waals surface area contributed by atoms with Crippen LogP contribution in [0.15, 0.2) is 6.07 Å². The fraction of sp³-hybridized carbons (Fsp3) is 0.692. The Morgan fingerprint density at radius 2 is 1.89 bits per heavy atom. The molecule has 1 aromatic rings. The van der Waals surface area contributed by atoms with Crippen molar-refractivity contribution in [3.63, 3.8) is 0 Å². The van der Waals surface area contributed by atoms with Gasteiger partial charge in [0.05, 0.1) is 0 Å². The summed E-state index contributed by atoms with van der Waals surface area (Å²) in [5.41, 5.74) is 0. The second-order valence-electron chi connectivity index (χ2n) is 4.19. The van der Waals surface area contributed by atoms with Crippen LogP contribution >= 0.6 is 0 Å². The van der Waals surface area contributed by atoms with Gasteiger partial charge in [0, 0.05) is 33.3 Å². The Balaban J connectivity index is 2.58. The number of aromatic nitrogens is 2. The first-order valence-corrected chi connectivity index (χ1v) is 6.74. The fourth-order valence-electron chi connectivity index (χ4n) is 1.79. The maximum atomic E-state index is 5.07. The lowest BCUT2D eigenvalue weighted by Gasteiger charge is -2.18. The molecule has 108 valence electrons. The number of ether oxygens (including phenoxy) is 1. The molecule has 0 saturated carbocycles. The van der Waals surface area contributed by atoms with Crippen molar-refractivity contribution in [1.29, 1.82) is 0 Å². The maximum absolute atomic E-state index is 5.07. The van der Waals surface area contributed by atoms with E-state index in [1.165, 1.54) is 0 Å². The van der Waals surface area contributed by atoms with Gasteiger partial charge in [-0.25, -0.2) is 9.97 Å². The smallest absolute Gasteiger partial charge is 0.158 e. The summed E-state index contributed by atoms with van der Waals surface area (Å²) in [6.45, 7) is 8.77. The topological polar surface area (TPSA) is 62.3 Å². The number of nitrogens with one attached hydrogen (secondary N) is 2. The second-order valence-corrected chi connectivity index (χ2v) is 4.19. The van der Waals surface area contributed by atoms with Crippen molar-refractivity contribution in [1.82, 2.24) is 14.9 Å². The van der Waals surface area contributed by atoms with Crippen LogP contribution in [0.5, 0.6) is 0 Å². The lowest BCUT2D eigenvalue weighted by atomic mass is 10.4. The quantitative estimate of drug-likeness (QED) is 0.705. The highest BCUT2D eigenvalue weighted by molar-refractivity contribution is 5.47. The van der Waals surface area contributed by atoms with Crippen molar-refractivity contribution in [3.8, 4) is 0 Å². The van der Waals surface area contributed by atoms with E-state index in [4.69, 9.17) is 4.74 Å². The van der Waals surface area contributed by atoms with E-state index < -0.39 is 0 Å². The lowest BCUT2D eigenvalue weighted by Crippen LogP contribution is -2.28. The molecule has 0 spiro atoms. The zero-order valence-electron chi connectivity index (χ0n) is 12.4. The van der Waals surface area contributed by atoms with E-state index in [2.05, 4.69) is 39.3 Å². The van der Waals surface area contributed by atoms with E-state index in [0.717, 1.165) is 37.8 Å². The molecule has 0 aliphatic rings. The molecule has 0 amide bonds. The molecule has 19 heavy (non-hydrogen) atoms. The average molecular weight is 267 g/mol. The number of hydrogen-bond acceptors (Lipinski definition) is 6. The Bertz CT molecular complexity index is 368. The summed E-state index contributed by atoms with van der Waals surface area (Å²) >= 11 is 0. The molecule has 1 heterocycles. The van der Waals surface area contributed by atoms with Crippen LogP contribution in [-0.4, -0.2) is 55.2 Å². The first kappa shape index (κ1) is 15.7. The van der Waals surface area contributed by atoms with E-state index >= 15 is 0 Å². The van der Waals surface area contributed by atoms with Gasteiger partial charge in [0.1, 0.15) is 18.2 Å². The highest BCUT2D eigenvalue weighted by Crippen LogP contribution is 2.11. The first-order chi connectivity index (χ1) is 9.23. The third kappa shape index (κ3) is 5.40. The van der Waals surface area contributed by atoms with Gasteiger partial charge in [-0.1, -0.05) is 13.8 Å². The minimum atomic E-state index is 0.417. The molecule has 1 aromatic heterocycles. The Morgan fingerprint density at radius 3 is 2.47 bits per heavy atom. The number of rotatable bonds is 9. The summed E-state index contributed by atoms with van der Waals surface area (Å²) in [6, 6.07) is 1.90. The van der Waals surface area contributed by atoms with Crippen molar-refractivity contribution < 1.29 is 4.74 Å². The zero-order valence-corrected chi connectivity index (χ0v) is 12.4. The zero-order chi connectivity index (χ0) is 14.1. The number of nitrogens with zero attached hydrogens (tertiary/aromatic N) is 3. The molecule has 0 fully saturated rings. The third-order valence-corrected chi connectivity index (χ3v) is 2.93. The Labute approximate surface area is 115 Å². The molecule has 0 unspecified atom stereocenters. The van der Waals surface area contributed by atoms with Crippen LogP contribution in [0.25, 0.3) is 0 Å². The summed E-state index contributed by atoms with van der Waals surface area (Å²) < 4.78 is 5.07. The lowest BCUT2D eigenvalue weighted by molar-refractivity contribution is 0.178. The summed E-state index contributed by atoms with van der Waals surface area (Å²) in [6.07, 6.45) is 0. The van der Waals surface area contributed by atoms with Crippen molar-refractivity contribution in [2.45, 2.75) is 20.5 Å². The van der Waals surface area contributed by atoms with Gasteiger partial charge in [0.25, 0.3) is 0 Å². The molecular formula is C13H25N5O. The number of likely N-dealkylation sites (N-methyl/N-ethyl adjacent to an activating group) is 1. The minimum Gasteiger partial charge on any atom is -0.377 e. The summed E-state index contributed by atoms with van der Waals surface area (Å²) in [5.74, 6) is 2.31. The van der Waals surface area contributed by atoms with Crippen molar-refractivity contribution in [2.24, 2.45) is 0 Å². The second kappa shape index (κ2) is 8.66. The summed E-state index contributed by atoms with van der Waals surface area (Å²) in [4.78, 5) is 11.1. The molecule has 0 saturated heterocycles. The Hall–Kier alpha value is -1.40. The van der Waals surface area contributed by atoms with Gasteiger partial charge in [0.15, 0.2) is 5.82 Å². The molecule has 0 bridgehead atoms.